The minimum atomic E-state index is -3.56. The first-order valence-corrected chi connectivity index (χ1v) is 9.70. The summed E-state index contributed by atoms with van der Waals surface area (Å²) >= 11 is 3.39. The van der Waals surface area contributed by atoms with Crippen LogP contribution >= 0.6 is 15.9 Å². The van der Waals surface area contributed by atoms with Crippen LogP contribution in [0, 0.1) is 0 Å². The van der Waals surface area contributed by atoms with Gasteiger partial charge in [0.25, 0.3) is 10.0 Å². The van der Waals surface area contributed by atoms with Crippen molar-refractivity contribution in [1.29, 1.82) is 0 Å². The van der Waals surface area contributed by atoms with Crippen molar-refractivity contribution in [3.8, 4) is 0 Å². The summed E-state index contributed by atoms with van der Waals surface area (Å²) in [6.45, 7) is 1.95. The fourth-order valence-electron chi connectivity index (χ4n) is 2.93. The highest BCUT2D eigenvalue weighted by Gasteiger charge is 2.19. The molecule has 1 aliphatic carbocycles. The van der Waals surface area contributed by atoms with Crippen molar-refractivity contribution < 1.29 is 8.42 Å². The normalized spacial score (nSPS) is 13.9. The van der Waals surface area contributed by atoms with E-state index in [0.717, 1.165) is 29.3 Å². The molecule has 5 heteroatoms. The molecule has 0 aromatic heterocycles. The van der Waals surface area contributed by atoms with Crippen molar-refractivity contribution in [1.82, 2.24) is 0 Å². The maximum atomic E-state index is 12.7. The molecule has 0 saturated carbocycles. The molecule has 3 nitrogen and oxygen atoms in total. The van der Waals surface area contributed by atoms with Crippen molar-refractivity contribution in [2.45, 2.75) is 37.5 Å². The molecule has 0 aliphatic heterocycles. The van der Waals surface area contributed by atoms with Crippen LogP contribution in [0.15, 0.2) is 45.8 Å². The van der Waals surface area contributed by atoms with Crippen LogP contribution in [0.1, 0.15) is 30.0 Å². The number of hydrogen-bond donors (Lipinski definition) is 1. The summed E-state index contributed by atoms with van der Waals surface area (Å²) in [6.07, 6.45) is 3.94. The molecular weight excluding hydrogens is 362 g/mol. The Morgan fingerprint density at radius 1 is 1.09 bits per heavy atom. The fourth-order valence-corrected chi connectivity index (χ4v) is 4.68. The van der Waals surface area contributed by atoms with Crippen LogP contribution in [0.2, 0.25) is 0 Å². The molecule has 0 heterocycles. The van der Waals surface area contributed by atoms with E-state index >= 15 is 0 Å². The predicted octanol–water partition coefficient (Wildman–Crippen LogP) is 4.30. The van der Waals surface area contributed by atoms with Crippen LogP contribution in [0.25, 0.3) is 0 Å². The molecule has 3 rings (SSSR count). The van der Waals surface area contributed by atoms with Gasteiger partial charge in [0.2, 0.25) is 0 Å². The number of aryl methyl sites for hydroxylation is 3. The summed E-state index contributed by atoms with van der Waals surface area (Å²) in [6, 6.07) is 11.1. The molecule has 0 unspecified atom stereocenters. The molecule has 2 aromatic rings. The van der Waals surface area contributed by atoms with E-state index in [9.17, 15) is 8.42 Å². The third kappa shape index (κ3) is 3.06. The average molecular weight is 380 g/mol. The average Bonchev–Trinajstić information content (AvgIpc) is 2.93. The lowest BCUT2D eigenvalue weighted by Crippen LogP contribution is -2.15. The van der Waals surface area contributed by atoms with E-state index in [1.54, 1.807) is 12.1 Å². The summed E-state index contributed by atoms with van der Waals surface area (Å²) < 4.78 is 28.9. The molecular formula is C17H18BrNO2S. The number of sulfonamides is 1. The monoisotopic (exact) mass is 379 g/mol. The zero-order valence-corrected chi connectivity index (χ0v) is 14.8. The third-order valence-corrected chi connectivity index (χ3v) is 6.02. The highest BCUT2D eigenvalue weighted by Crippen LogP contribution is 2.27. The summed E-state index contributed by atoms with van der Waals surface area (Å²) in [5.74, 6) is 0. The van der Waals surface area contributed by atoms with Gasteiger partial charge in [-0.15, -0.1) is 0 Å². The molecule has 0 saturated heterocycles. The lowest BCUT2D eigenvalue weighted by atomic mass is 10.1. The van der Waals surface area contributed by atoms with E-state index < -0.39 is 10.0 Å². The van der Waals surface area contributed by atoms with Crippen molar-refractivity contribution in [3.05, 3.63) is 57.6 Å². The molecule has 0 atom stereocenters. The van der Waals surface area contributed by atoms with Gasteiger partial charge >= 0.3 is 0 Å². The summed E-state index contributed by atoms with van der Waals surface area (Å²) in [5, 5.41) is 0. The molecule has 22 heavy (non-hydrogen) atoms. The van der Waals surface area contributed by atoms with Crippen LogP contribution in [-0.4, -0.2) is 8.42 Å². The van der Waals surface area contributed by atoms with Crippen LogP contribution in [0.5, 0.6) is 0 Å². The maximum Gasteiger partial charge on any atom is 0.262 e. The van der Waals surface area contributed by atoms with Crippen molar-refractivity contribution in [3.63, 3.8) is 0 Å². The van der Waals surface area contributed by atoms with Gasteiger partial charge in [0.1, 0.15) is 0 Å². The maximum absolute atomic E-state index is 12.7. The van der Waals surface area contributed by atoms with E-state index in [2.05, 4.69) is 20.7 Å². The first-order chi connectivity index (χ1) is 10.5. The van der Waals surface area contributed by atoms with E-state index in [4.69, 9.17) is 0 Å². The minimum Gasteiger partial charge on any atom is -0.280 e. The molecule has 0 fully saturated rings. The molecule has 1 N–H and O–H groups in total. The fraction of sp³-hybridized carbons (Fsp3) is 0.294. The van der Waals surface area contributed by atoms with Crippen molar-refractivity contribution in [2.75, 3.05) is 4.72 Å². The van der Waals surface area contributed by atoms with Crippen molar-refractivity contribution in [2.24, 2.45) is 0 Å². The van der Waals surface area contributed by atoms with E-state index in [0.29, 0.717) is 17.0 Å². The number of benzene rings is 2. The number of hydrogen-bond acceptors (Lipinski definition) is 2. The van der Waals surface area contributed by atoms with Crippen LogP contribution in [-0.2, 0) is 29.3 Å². The second-order valence-corrected chi connectivity index (χ2v) is 8.11. The van der Waals surface area contributed by atoms with Gasteiger partial charge in [-0.05, 0) is 72.7 Å². The number of halogens is 1. The molecule has 0 spiro atoms. The minimum absolute atomic E-state index is 0.346. The van der Waals surface area contributed by atoms with Gasteiger partial charge in [0.05, 0.1) is 4.90 Å². The summed E-state index contributed by atoms with van der Waals surface area (Å²) in [7, 11) is -3.56. The second kappa shape index (κ2) is 6.05. The van der Waals surface area contributed by atoms with E-state index in [-0.39, 0.29) is 0 Å². The van der Waals surface area contributed by atoms with Gasteiger partial charge in [-0.2, -0.15) is 0 Å². The Morgan fingerprint density at radius 2 is 1.86 bits per heavy atom. The van der Waals surface area contributed by atoms with Gasteiger partial charge < -0.3 is 0 Å². The van der Waals surface area contributed by atoms with Crippen LogP contribution < -0.4 is 4.72 Å². The number of nitrogens with one attached hydrogen (secondary N) is 1. The molecule has 116 valence electrons. The second-order valence-electron chi connectivity index (χ2n) is 5.55. The lowest BCUT2D eigenvalue weighted by Gasteiger charge is -2.13. The van der Waals surface area contributed by atoms with Gasteiger partial charge in [-0.1, -0.05) is 28.9 Å². The van der Waals surface area contributed by atoms with Crippen molar-refractivity contribution >= 4 is 31.6 Å². The highest BCUT2D eigenvalue weighted by molar-refractivity contribution is 9.10. The Labute approximate surface area is 139 Å². The Morgan fingerprint density at radius 3 is 2.64 bits per heavy atom. The number of fused-ring (bicyclic) bond motifs is 1. The predicted molar refractivity (Wildman–Crippen MR) is 92.8 cm³/mol. The van der Waals surface area contributed by atoms with Gasteiger partial charge in [0.15, 0.2) is 0 Å². The smallest absolute Gasteiger partial charge is 0.262 e. The Bertz CT molecular complexity index is 815. The topological polar surface area (TPSA) is 46.2 Å². The van der Waals surface area contributed by atoms with E-state index in [1.807, 2.05) is 31.2 Å². The molecule has 0 amide bonds. The van der Waals surface area contributed by atoms with Gasteiger partial charge in [0, 0.05) is 10.2 Å². The number of rotatable bonds is 4. The number of anilines is 1. The standard InChI is InChI=1S/C17H18BrNO2S/c1-2-12-10-15(18)7-9-17(12)22(20,21)19-16-8-6-13-4-3-5-14(13)11-16/h6-11,19H,2-5H2,1H3. The lowest BCUT2D eigenvalue weighted by molar-refractivity contribution is 0.600. The van der Waals surface area contributed by atoms with Crippen LogP contribution in [0.3, 0.4) is 0 Å². The van der Waals surface area contributed by atoms with Gasteiger partial charge in [-0.25, -0.2) is 8.42 Å². The third-order valence-electron chi connectivity index (χ3n) is 4.04. The zero-order valence-electron chi connectivity index (χ0n) is 12.4. The Kier molecular flexibility index (Phi) is 4.28. The summed E-state index contributed by atoms with van der Waals surface area (Å²) in [5.41, 5.74) is 4.04. The molecule has 1 aliphatic rings. The quantitative estimate of drug-likeness (QED) is 0.860. The molecule has 0 bridgehead atoms. The SMILES string of the molecule is CCc1cc(Br)ccc1S(=O)(=O)Nc1ccc2c(c1)CCC2. The zero-order chi connectivity index (χ0) is 15.7. The highest BCUT2D eigenvalue weighted by atomic mass is 79.9. The largest absolute Gasteiger partial charge is 0.280 e. The van der Waals surface area contributed by atoms with Gasteiger partial charge in [-0.3, -0.25) is 4.72 Å². The van der Waals surface area contributed by atoms with E-state index in [1.165, 1.54) is 11.1 Å². The molecule has 2 aromatic carbocycles. The first-order valence-electron chi connectivity index (χ1n) is 7.42. The molecule has 0 radical (unpaired) electrons. The first kappa shape index (κ1) is 15.6. The Hall–Kier alpha value is -1.33. The summed E-state index contributed by atoms with van der Waals surface area (Å²) in [4.78, 5) is 0.346. The Balaban J connectivity index is 1.94. The van der Waals surface area contributed by atoms with Crippen LogP contribution in [0.4, 0.5) is 5.69 Å².